The van der Waals surface area contributed by atoms with E-state index in [0.29, 0.717) is 4.99 Å². The maximum absolute atomic E-state index is 5.88. The van der Waals surface area contributed by atoms with E-state index in [2.05, 4.69) is 26.0 Å². The van der Waals surface area contributed by atoms with Crippen molar-refractivity contribution in [3.05, 3.63) is 51.9 Å². The Morgan fingerprint density at radius 1 is 1.29 bits per heavy atom. The van der Waals surface area contributed by atoms with Gasteiger partial charge in [-0.05, 0) is 35.8 Å². The number of pyridine rings is 1. The van der Waals surface area contributed by atoms with Gasteiger partial charge in [0.15, 0.2) is 0 Å². The standard InChI is InChI=1S/C15H13BrN4S/c1-8-13(16)9(2)20(19-8)14-10-5-3-4-6-12(10)18-7-11(14)15(17)21/h3-7H,1-2H3,(H2,17,21). The summed E-state index contributed by atoms with van der Waals surface area (Å²) in [5.41, 5.74) is 10.3. The molecule has 0 spiro atoms. The predicted octanol–water partition coefficient (Wildman–Crippen LogP) is 3.43. The van der Waals surface area contributed by atoms with Crippen LogP contribution in [0, 0.1) is 13.8 Å². The van der Waals surface area contributed by atoms with Gasteiger partial charge in [-0.15, -0.1) is 0 Å². The first-order chi connectivity index (χ1) is 10.0. The average molecular weight is 361 g/mol. The maximum atomic E-state index is 5.88. The smallest absolute Gasteiger partial charge is 0.107 e. The van der Waals surface area contributed by atoms with E-state index in [9.17, 15) is 0 Å². The second kappa shape index (κ2) is 5.20. The van der Waals surface area contributed by atoms with Gasteiger partial charge in [-0.1, -0.05) is 30.4 Å². The number of nitrogens with two attached hydrogens (primary N) is 1. The molecule has 0 bridgehead atoms. The van der Waals surface area contributed by atoms with Gasteiger partial charge in [-0.2, -0.15) is 5.10 Å². The topological polar surface area (TPSA) is 56.7 Å². The fraction of sp³-hybridized carbons (Fsp3) is 0.133. The van der Waals surface area contributed by atoms with Crippen LogP contribution in [0.1, 0.15) is 17.0 Å². The Balaban J connectivity index is 2.46. The van der Waals surface area contributed by atoms with Crippen LogP contribution < -0.4 is 5.73 Å². The van der Waals surface area contributed by atoms with Crippen molar-refractivity contribution in [1.29, 1.82) is 0 Å². The maximum Gasteiger partial charge on any atom is 0.107 e. The normalized spacial score (nSPS) is 11.0. The molecule has 2 N–H and O–H groups in total. The third-order valence-electron chi connectivity index (χ3n) is 3.43. The number of para-hydroxylation sites is 1. The number of hydrogen-bond acceptors (Lipinski definition) is 3. The number of thiocarbonyl (C=S) groups is 1. The first-order valence-corrected chi connectivity index (χ1v) is 7.60. The summed E-state index contributed by atoms with van der Waals surface area (Å²) in [6.07, 6.45) is 1.71. The molecule has 0 amide bonds. The molecule has 0 aliphatic rings. The molecular formula is C15H13BrN4S. The molecule has 1 aromatic carbocycles. The molecule has 0 aliphatic carbocycles. The number of aromatic nitrogens is 3. The third kappa shape index (κ3) is 2.24. The van der Waals surface area contributed by atoms with Crippen LogP contribution in [-0.2, 0) is 0 Å². The Kier molecular flexibility index (Phi) is 3.51. The second-order valence-electron chi connectivity index (χ2n) is 4.80. The summed E-state index contributed by atoms with van der Waals surface area (Å²) in [7, 11) is 0. The Morgan fingerprint density at radius 2 is 2.00 bits per heavy atom. The zero-order chi connectivity index (χ0) is 15.1. The van der Waals surface area contributed by atoms with E-state index >= 15 is 0 Å². The summed E-state index contributed by atoms with van der Waals surface area (Å²) in [6, 6.07) is 7.89. The van der Waals surface area contributed by atoms with Crippen molar-refractivity contribution in [2.45, 2.75) is 13.8 Å². The first-order valence-electron chi connectivity index (χ1n) is 6.40. The molecule has 2 aromatic heterocycles. The minimum atomic E-state index is 0.312. The van der Waals surface area contributed by atoms with E-state index in [-0.39, 0.29) is 0 Å². The largest absolute Gasteiger partial charge is 0.389 e. The molecule has 6 heteroatoms. The molecule has 0 radical (unpaired) electrons. The zero-order valence-electron chi connectivity index (χ0n) is 11.6. The van der Waals surface area contributed by atoms with Crippen molar-refractivity contribution < 1.29 is 0 Å². The highest BCUT2D eigenvalue weighted by molar-refractivity contribution is 9.10. The van der Waals surface area contributed by atoms with Crippen LogP contribution in [0.3, 0.4) is 0 Å². The van der Waals surface area contributed by atoms with E-state index in [1.807, 2.05) is 42.8 Å². The molecular weight excluding hydrogens is 348 g/mol. The van der Waals surface area contributed by atoms with Crippen LogP contribution in [0.2, 0.25) is 0 Å². The Labute approximate surface area is 136 Å². The molecule has 0 unspecified atom stereocenters. The molecule has 0 atom stereocenters. The summed E-state index contributed by atoms with van der Waals surface area (Å²) in [6.45, 7) is 3.96. The lowest BCUT2D eigenvalue weighted by molar-refractivity contribution is 0.837. The molecule has 0 aliphatic heterocycles. The van der Waals surface area contributed by atoms with Gasteiger partial charge in [0.2, 0.25) is 0 Å². The number of hydrogen-bond donors (Lipinski definition) is 1. The average Bonchev–Trinajstić information content (AvgIpc) is 2.73. The van der Waals surface area contributed by atoms with Gasteiger partial charge in [0.1, 0.15) is 4.99 Å². The quantitative estimate of drug-likeness (QED) is 0.711. The van der Waals surface area contributed by atoms with Crippen LogP contribution in [-0.4, -0.2) is 19.8 Å². The van der Waals surface area contributed by atoms with Crippen molar-refractivity contribution in [2.75, 3.05) is 0 Å². The van der Waals surface area contributed by atoms with Gasteiger partial charge in [0.25, 0.3) is 0 Å². The molecule has 2 heterocycles. The molecule has 0 saturated heterocycles. The van der Waals surface area contributed by atoms with Crippen LogP contribution in [0.4, 0.5) is 0 Å². The molecule has 0 saturated carbocycles. The molecule has 3 rings (SSSR count). The number of aryl methyl sites for hydroxylation is 1. The summed E-state index contributed by atoms with van der Waals surface area (Å²) >= 11 is 8.74. The van der Waals surface area contributed by atoms with E-state index in [1.54, 1.807) is 6.20 Å². The predicted molar refractivity (Wildman–Crippen MR) is 91.9 cm³/mol. The summed E-state index contributed by atoms with van der Waals surface area (Å²) in [5, 5.41) is 5.57. The van der Waals surface area contributed by atoms with Crippen molar-refractivity contribution in [3.63, 3.8) is 0 Å². The van der Waals surface area contributed by atoms with Gasteiger partial charge in [0, 0.05) is 11.6 Å². The molecule has 3 aromatic rings. The third-order valence-corrected chi connectivity index (χ3v) is 4.79. The van der Waals surface area contributed by atoms with E-state index in [0.717, 1.165) is 38.0 Å². The Morgan fingerprint density at radius 3 is 2.62 bits per heavy atom. The minimum absolute atomic E-state index is 0.312. The van der Waals surface area contributed by atoms with Crippen molar-refractivity contribution in [1.82, 2.24) is 14.8 Å². The lowest BCUT2D eigenvalue weighted by Gasteiger charge is -2.13. The van der Waals surface area contributed by atoms with Gasteiger partial charge < -0.3 is 5.73 Å². The number of nitrogens with zero attached hydrogens (tertiary/aromatic N) is 3. The molecule has 4 nitrogen and oxygen atoms in total. The SMILES string of the molecule is Cc1nn(-c2c(C(N)=S)cnc3ccccc23)c(C)c1Br. The van der Waals surface area contributed by atoms with E-state index in [1.165, 1.54) is 0 Å². The summed E-state index contributed by atoms with van der Waals surface area (Å²) in [4.78, 5) is 4.74. The fourth-order valence-corrected chi connectivity index (χ4v) is 2.77. The highest BCUT2D eigenvalue weighted by Gasteiger charge is 2.17. The highest BCUT2D eigenvalue weighted by Crippen LogP contribution is 2.29. The van der Waals surface area contributed by atoms with Gasteiger partial charge in [-0.3, -0.25) is 4.98 Å². The molecule has 106 valence electrons. The number of fused-ring (bicyclic) bond motifs is 1. The molecule has 0 fully saturated rings. The van der Waals surface area contributed by atoms with Crippen molar-refractivity contribution in [2.24, 2.45) is 5.73 Å². The highest BCUT2D eigenvalue weighted by atomic mass is 79.9. The number of halogens is 1. The molecule has 21 heavy (non-hydrogen) atoms. The van der Waals surface area contributed by atoms with Crippen LogP contribution >= 0.6 is 28.1 Å². The van der Waals surface area contributed by atoms with Crippen LogP contribution in [0.5, 0.6) is 0 Å². The van der Waals surface area contributed by atoms with Crippen molar-refractivity contribution in [3.8, 4) is 5.69 Å². The number of rotatable bonds is 2. The van der Waals surface area contributed by atoms with E-state index in [4.69, 9.17) is 18.0 Å². The Bertz CT molecular complexity index is 869. The summed E-state index contributed by atoms with van der Waals surface area (Å²) < 4.78 is 2.86. The van der Waals surface area contributed by atoms with Crippen LogP contribution in [0.15, 0.2) is 34.9 Å². The van der Waals surface area contributed by atoms with Gasteiger partial charge in [-0.25, -0.2) is 4.68 Å². The van der Waals surface area contributed by atoms with E-state index < -0.39 is 0 Å². The van der Waals surface area contributed by atoms with Gasteiger partial charge in [0.05, 0.1) is 32.6 Å². The summed E-state index contributed by atoms with van der Waals surface area (Å²) in [5.74, 6) is 0. The van der Waals surface area contributed by atoms with Crippen molar-refractivity contribution >= 4 is 44.0 Å². The zero-order valence-corrected chi connectivity index (χ0v) is 14.0. The first kappa shape index (κ1) is 14.2. The monoisotopic (exact) mass is 360 g/mol. The lowest BCUT2D eigenvalue weighted by Crippen LogP contribution is -2.15. The van der Waals surface area contributed by atoms with Crippen LogP contribution in [0.25, 0.3) is 16.6 Å². The second-order valence-corrected chi connectivity index (χ2v) is 6.03. The minimum Gasteiger partial charge on any atom is -0.389 e. The van der Waals surface area contributed by atoms with Gasteiger partial charge >= 0.3 is 0 Å². The lowest BCUT2D eigenvalue weighted by atomic mass is 10.1. The fourth-order valence-electron chi connectivity index (χ4n) is 2.38. The number of benzene rings is 1. The Hall–Kier alpha value is -1.79.